The molecule has 24 heavy (non-hydrogen) atoms. The Balaban J connectivity index is 1.97. The summed E-state index contributed by atoms with van der Waals surface area (Å²) in [5.74, 6) is -0.438. The molecule has 0 saturated heterocycles. The first-order valence-corrected chi connectivity index (χ1v) is 7.77. The van der Waals surface area contributed by atoms with Crippen LogP contribution < -0.4 is 10.1 Å². The second kappa shape index (κ2) is 8.04. The number of hydrogen-bond donors (Lipinski definition) is 1. The highest BCUT2D eigenvalue weighted by molar-refractivity contribution is 6.42. The number of rotatable bonds is 5. The Kier molecular flexibility index (Phi) is 6.06. The molecule has 0 aliphatic carbocycles. The normalized spacial score (nSPS) is 11.5. The Hall–Kier alpha value is -2.24. The van der Waals surface area contributed by atoms with Gasteiger partial charge < -0.3 is 14.8 Å². The second-order valence-electron chi connectivity index (χ2n) is 4.89. The highest BCUT2D eigenvalue weighted by Gasteiger charge is 2.19. The van der Waals surface area contributed by atoms with E-state index in [0.717, 1.165) is 0 Å². The lowest BCUT2D eigenvalue weighted by molar-refractivity contribution is -0.123. The van der Waals surface area contributed by atoms with Gasteiger partial charge in [-0.25, -0.2) is 4.79 Å². The summed E-state index contributed by atoms with van der Waals surface area (Å²) in [6.07, 6.45) is -0.978. The number of halogens is 2. The molecule has 0 heterocycles. The summed E-state index contributed by atoms with van der Waals surface area (Å²) >= 11 is 11.7. The van der Waals surface area contributed by atoms with Crippen LogP contribution in [0.25, 0.3) is 0 Å². The third-order valence-electron chi connectivity index (χ3n) is 3.17. The van der Waals surface area contributed by atoms with E-state index >= 15 is 0 Å². The Morgan fingerprint density at radius 1 is 1.04 bits per heavy atom. The van der Waals surface area contributed by atoms with Gasteiger partial charge in [-0.2, -0.15) is 0 Å². The maximum atomic E-state index is 12.1. The highest BCUT2D eigenvalue weighted by atomic mass is 35.5. The molecule has 2 aromatic rings. The molecular weight excluding hydrogens is 353 g/mol. The molecule has 0 radical (unpaired) electrons. The van der Waals surface area contributed by atoms with Crippen molar-refractivity contribution in [1.82, 2.24) is 0 Å². The number of esters is 1. The molecule has 5 nitrogen and oxygen atoms in total. The van der Waals surface area contributed by atoms with E-state index < -0.39 is 18.0 Å². The number of methoxy groups -OCH3 is 1. The van der Waals surface area contributed by atoms with Gasteiger partial charge >= 0.3 is 5.97 Å². The average Bonchev–Trinajstić information content (AvgIpc) is 2.57. The quantitative estimate of drug-likeness (QED) is 0.804. The molecule has 1 atom stereocenters. The van der Waals surface area contributed by atoms with E-state index in [1.165, 1.54) is 25.1 Å². The maximum absolute atomic E-state index is 12.1. The Labute approximate surface area is 149 Å². The Morgan fingerprint density at radius 2 is 1.71 bits per heavy atom. The molecule has 2 aromatic carbocycles. The van der Waals surface area contributed by atoms with Crippen molar-refractivity contribution in [3.63, 3.8) is 0 Å². The summed E-state index contributed by atoms with van der Waals surface area (Å²) < 4.78 is 10.2. The second-order valence-corrected chi connectivity index (χ2v) is 5.71. The zero-order chi connectivity index (χ0) is 17.7. The van der Waals surface area contributed by atoms with Gasteiger partial charge in [-0.05, 0) is 49.4 Å². The van der Waals surface area contributed by atoms with Gasteiger partial charge in [-0.15, -0.1) is 0 Å². The van der Waals surface area contributed by atoms with Crippen molar-refractivity contribution in [3.8, 4) is 5.75 Å². The zero-order valence-electron chi connectivity index (χ0n) is 13.0. The van der Waals surface area contributed by atoms with Crippen LogP contribution in [0.15, 0.2) is 42.5 Å². The van der Waals surface area contributed by atoms with Crippen LogP contribution in [-0.4, -0.2) is 25.1 Å². The highest BCUT2D eigenvalue weighted by Crippen LogP contribution is 2.23. The van der Waals surface area contributed by atoms with Gasteiger partial charge in [0, 0.05) is 5.69 Å². The van der Waals surface area contributed by atoms with Crippen LogP contribution in [0.4, 0.5) is 5.69 Å². The SMILES string of the molecule is COc1ccc(NC(=O)[C@@H](C)OC(=O)c2ccc(Cl)c(Cl)c2)cc1. The van der Waals surface area contributed by atoms with Crippen molar-refractivity contribution in [2.75, 3.05) is 12.4 Å². The number of nitrogens with one attached hydrogen (secondary N) is 1. The summed E-state index contributed by atoms with van der Waals surface area (Å²) in [7, 11) is 1.55. The summed E-state index contributed by atoms with van der Waals surface area (Å²) in [5.41, 5.74) is 0.784. The van der Waals surface area contributed by atoms with Crippen molar-refractivity contribution < 1.29 is 19.1 Å². The lowest BCUT2D eigenvalue weighted by atomic mass is 10.2. The first kappa shape index (κ1) is 18.1. The topological polar surface area (TPSA) is 64.6 Å². The van der Waals surface area contributed by atoms with Crippen LogP contribution in [0.2, 0.25) is 10.0 Å². The molecule has 0 aliphatic heterocycles. The molecule has 0 saturated carbocycles. The molecule has 1 N–H and O–H groups in total. The van der Waals surface area contributed by atoms with E-state index in [1.807, 2.05) is 0 Å². The van der Waals surface area contributed by atoms with Gasteiger partial charge in [0.2, 0.25) is 0 Å². The molecule has 0 fully saturated rings. The van der Waals surface area contributed by atoms with Crippen molar-refractivity contribution in [3.05, 3.63) is 58.1 Å². The molecule has 126 valence electrons. The fourth-order valence-electron chi connectivity index (χ4n) is 1.82. The molecule has 0 unspecified atom stereocenters. The first-order valence-electron chi connectivity index (χ1n) is 7.01. The molecule has 0 aliphatic rings. The molecule has 1 amide bonds. The van der Waals surface area contributed by atoms with Crippen LogP contribution >= 0.6 is 23.2 Å². The fraction of sp³-hybridized carbons (Fsp3) is 0.176. The van der Waals surface area contributed by atoms with Gasteiger partial charge in [-0.1, -0.05) is 23.2 Å². The largest absolute Gasteiger partial charge is 0.497 e. The molecule has 0 spiro atoms. The third kappa shape index (κ3) is 4.63. The summed E-state index contributed by atoms with van der Waals surface area (Å²) in [6, 6.07) is 11.1. The number of carbonyl (C=O) groups is 2. The van der Waals surface area contributed by atoms with E-state index in [2.05, 4.69) is 5.32 Å². The predicted molar refractivity (Wildman–Crippen MR) is 93.0 cm³/mol. The average molecular weight is 368 g/mol. The van der Waals surface area contributed by atoms with Crippen molar-refractivity contribution >= 4 is 40.8 Å². The van der Waals surface area contributed by atoms with Gasteiger partial charge in [0.1, 0.15) is 5.75 Å². The van der Waals surface area contributed by atoms with Gasteiger partial charge in [-0.3, -0.25) is 4.79 Å². The number of carbonyl (C=O) groups excluding carboxylic acids is 2. The van der Waals surface area contributed by atoms with E-state index in [1.54, 1.807) is 31.4 Å². The van der Waals surface area contributed by atoms with Crippen LogP contribution in [0.3, 0.4) is 0 Å². The van der Waals surface area contributed by atoms with Crippen LogP contribution in [0.5, 0.6) is 5.75 Å². The monoisotopic (exact) mass is 367 g/mol. The number of benzene rings is 2. The fourth-order valence-corrected chi connectivity index (χ4v) is 2.12. The number of amides is 1. The van der Waals surface area contributed by atoms with E-state index in [-0.39, 0.29) is 10.6 Å². The number of anilines is 1. The van der Waals surface area contributed by atoms with Crippen molar-refractivity contribution in [2.45, 2.75) is 13.0 Å². The molecular formula is C17H15Cl2NO4. The van der Waals surface area contributed by atoms with Gasteiger partial charge in [0.05, 0.1) is 22.7 Å². The number of hydrogen-bond acceptors (Lipinski definition) is 4. The smallest absolute Gasteiger partial charge is 0.338 e. The molecule has 2 rings (SSSR count). The van der Waals surface area contributed by atoms with Crippen molar-refractivity contribution in [1.29, 1.82) is 0 Å². The van der Waals surface area contributed by atoms with Gasteiger partial charge in [0.15, 0.2) is 6.10 Å². The first-order chi connectivity index (χ1) is 11.4. The van der Waals surface area contributed by atoms with E-state index in [9.17, 15) is 9.59 Å². The Bertz CT molecular complexity index is 747. The zero-order valence-corrected chi connectivity index (χ0v) is 14.5. The van der Waals surface area contributed by atoms with E-state index in [0.29, 0.717) is 16.5 Å². The van der Waals surface area contributed by atoms with Crippen molar-refractivity contribution in [2.24, 2.45) is 0 Å². The third-order valence-corrected chi connectivity index (χ3v) is 3.90. The van der Waals surface area contributed by atoms with Crippen LogP contribution in [-0.2, 0) is 9.53 Å². The standard InChI is InChI=1S/C17H15Cl2NO4/c1-10(16(21)20-12-4-6-13(23-2)7-5-12)24-17(22)11-3-8-14(18)15(19)9-11/h3-10H,1-2H3,(H,20,21)/t10-/m1/s1. The maximum Gasteiger partial charge on any atom is 0.338 e. The summed E-state index contributed by atoms with van der Waals surface area (Å²) in [4.78, 5) is 24.1. The minimum atomic E-state index is -0.978. The molecule has 0 aromatic heterocycles. The minimum absolute atomic E-state index is 0.216. The predicted octanol–water partition coefficient (Wildman–Crippen LogP) is 4.19. The Morgan fingerprint density at radius 3 is 2.29 bits per heavy atom. The summed E-state index contributed by atoms with van der Waals surface area (Å²) in [5, 5.41) is 3.22. The lowest BCUT2D eigenvalue weighted by Gasteiger charge is -2.14. The number of ether oxygens (including phenoxy) is 2. The van der Waals surface area contributed by atoms with Crippen LogP contribution in [0, 0.1) is 0 Å². The van der Waals surface area contributed by atoms with Crippen LogP contribution in [0.1, 0.15) is 17.3 Å². The lowest BCUT2D eigenvalue weighted by Crippen LogP contribution is -2.30. The van der Waals surface area contributed by atoms with Gasteiger partial charge in [0.25, 0.3) is 5.91 Å². The molecule has 0 bridgehead atoms. The molecule has 7 heteroatoms. The van der Waals surface area contributed by atoms with E-state index in [4.69, 9.17) is 32.7 Å². The minimum Gasteiger partial charge on any atom is -0.497 e. The summed E-state index contributed by atoms with van der Waals surface area (Å²) in [6.45, 7) is 1.48.